The Bertz CT molecular complexity index is 1070. The molecule has 1 aromatic carbocycles. The van der Waals surface area contributed by atoms with E-state index in [4.69, 9.17) is 9.47 Å². The van der Waals surface area contributed by atoms with Crippen molar-refractivity contribution in [2.24, 2.45) is 5.92 Å². The summed E-state index contributed by atoms with van der Waals surface area (Å²) >= 11 is 0. The van der Waals surface area contributed by atoms with Crippen molar-refractivity contribution in [3.05, 3.63) is 46.8 Å². The van der Waals surface area contributed by atoms with Crippen molar-refractivity contribution in [3.63, 3.8) is 0 Å². The number of likely N-dealkylation sites (tertiary alicyclic amines) is 1. The molecule has 2 heterocycles. The van der Waals surface area contributed by atoms with Crippen LogP contribution in [0.1, 0.15) is 65.8 Å². The lowest BCUT2D eigenvalue weighted by Gasteiger charge is -2.33. The van der Waals surface area contributed by atoms with Crippen LogP contribution in [0.25, 0.3) is 5.69 Å². The number of carbonyl (C=O) groups excluding carboxylic acids is 3. The number of nitrogens with zero attached hydrogens (tertiary/aromatic N) is 3. The summed E-state index contributed by atoms with van der Waals surface area (Å²) in [5.74, 6) is -0.342. The normalized spacial score (nSPS) is 21.8. The zero-order chi connectivity index (χ0) is 24.4. The van der Waals surface area contributed by atoms with E-state index >= 15 is 0 Å². The van der Waals surface area contributed by atoms with E-state index in [0.717, 1.165) is 48.3 Å². The minimum atomic E-state index is -0.515. The number of benzene rings is 1. The maximum atomic E-state index is 13.5. The van der Waals surface area contributed by atoms with Crippen LogP contribution in [-0.2, 0) is 25.5 Å². The van der Waals surface area contributed by atoms with E-state index in [1.54, 1.807) is 17.0 Å². The number of rotatable bonds is 6. The summed E-state index contributed by atoms with van der Waals surface area (Å²) in [5, 5.41) is 4.64. The summed E-state index contributed by atoms with van der Waals surface area (Å²) in [5.41, 5.74) is 4.23. The van der Waals surface area contributed by atoms with Gasteiger partial charge in [0.1, 0.15) is 6.04 Å². The molecule has 1 amide bonds. The molecule has 1 aliphatic heterocycles. The van der Waals surface area contributed by atoms with Crippen LogP contribution in [-0.4, -0.2) is 58.8 Å². The standard InChI is InChI=1S/C26H33N3O5/c1-16-21(13-14-24(30)33-3)17(2)29(27-16)20-11-9-18(10-12-20)25(31)28-22-8-6-5-7-19(22)15-23(28)26(32)34-4/h9-12,19,22-23H,5-8,13-15H2,1-4H3. The highest BCUT2D eigenvalue weighted by molar-refractivity contribution is 5.97. The lowest BCUT2D eigenvalue weighted by molar-refractivity contribution is -0.145. The lowest BCUT2D eigenvalue weighted by atomic mass is 9.84. The van der Waals surface area contributed by atoms with Gasteiger partial charge in [0.05, 0.1) is 25.6 Å². The van der Waals surface area contributed by atoms with Crippen molar-refractivity contribution in [2.45, 2.75) is 70.9 Å². The maximum absolute atomic E-state index is 13.5. The molecule has 2 aromatic rings. The molecule has 2 aliphatic rings. The van der Waals surface area contributed by atoms with Gasteiger partial charge in [0.15, 0.2) is 0 Å². The number of carbonyl (C=O) groups is 3. The number of amides is 1. The third-order valence-electron chi connectivity index (χ3n) is 7.40. The Kier molecular flexibility index (Phi) is 7.05. The van der Waals surface area contributed by atoms with Crippen LogP contribution in [0, 0.1) is 19.8 Å². The first-order chi connectivity index (χ1) is 16.3. The molecule has 3 atom stereocenters. The fourth-order valence-corrected chi connectivity index (χ4v) is 5.61. The second-order valence-electron chi connectivity index (χ2n) is 9.28. The van der Waals surface area contributed by atoms with Crippen molar-refractivity contribution < 1.29 is 23.9 Å². The van der Waals surface area contributed by atoms with E-state index in [0.29, 0.717) is 30.7 Å². The Balaban J connectivity index is 1.56. The van der Waals surface area contributed by atoms with Gasteiger partial charge < -0.3 is 14.4 Å². The summed E-state index contributed by atoms with van der Waals surface area (Å²) in [4.78, 5) is 39.3. The minimum absolute atomic E-state index is 0.0957. The number of aromatic nitrogens is 2. The van der Waals surface area contributed by atoms with Gasteiger partial charge in [0, 0.05) is 23.7 Å². The smallest absolute Gasteiger partial charge is 0.328 e. The van der Waals surface area contributed by atoms with Gasteiger partial charge in [-0.15, -0.1) is 0 Å². The SMILES string of the molecule is COC(=O)CCc1c(C)nn(-c2ccc(C(=O)N3C(C(=O)OC)CC4CCCCC43)cc2)c1C. The molecular formula is C26H33N3O5. The van der Waals surface area contributed by atoms with Crippen molar-refractivity contribution in [1.82, 2.24) is 14.7 Å². The molecule has 0 spiro atoms. The van der Waals surface area contributed by atoms with Crippen LogP contribution < -0.4 is 0 Å². The summed E-state index contributed by atoms with van der Waals surface area (Å²) in [6, 6.07) is 6.92. The molecule has 4 rings (SSSR count). The first-order valence-corrected chi connectivity index (χ1v) is 12.0. The summed E-state index contributed by atoms with van der Waals surface area (Å²) < 4.78 is 11.6. The predicted octanol–water partition coefficient (Wildman–Crippen LogP) is 3.54. The Morgan fingerprint density at radius 3 is 2.41 bits per heavy atom. The van der Waals surface area contributed by atoms with Crippen LogP contribution in [0.2, 0.25) is 0 Å². The molecule has 0 N–H and O–H groups in total. The molecule has 3 unspecified atom stereocenters. The fourth-order valence-electron chi connectivity index (χ4n) is 5.61. The van der Waals surface area contributed by atoms with E-state index in [2.05, 4.69) is 5.10 Å². The van der Waals surface area contributed by atoms with Crippen LogP contribution in [0.4, 0.5) is 0 Å². The van der Waals surface area contributed by atoms with E-state index in [9.17, 15) is 14.4 Å². The zero-order valence-corrected chi connectivity index (χ0v) is 20.4. The molecule has 1 aliphatic carbocycles. The Morgan fingerprint density at radius 1 is 1.03 bits per heavy atom. The average molecular weight is 468 g/mol. The third kappa shape index (κ3) is 4.45. The number of ether oxygens (including phenoxy) is 2. The van der Waals surface area contributed by atoms with Crippen molar-refractivity contribution in [1.29, 1.82) is 0 Å². The highest BCUT2D eigenvalue weighted by Crippen LogP contribution is 2.40. The second kappa shape index (κ2) is 9.99. The van der Waals surface area contributed by atoms with Crippen molar-refractivity contribution in [2.75, 3.05) is 14.2 Å². The van der Waals surface area contributed by atoms with Crippen molar-refractivity contribution in [3.8, 4) is 5.69 Å². The molecule has 8 heteroatoms. The van der Waals surface area contributed by atoms with Gasteiger partial charge in [0.25, 0.3) is 5.91 Å². The molecular weight excluding hydrogens is 434 g/mol. The van der Waals surface area contributed by atoms with E-state index in [-0.39, 0.29) is 23.9 Å². The second-order valence-corrected chi connectivity index (χ2v) is 9.28. The molecule has 1 saturated carbocycles. The number of esters is 2. The number of methoxy groups -OCH3 is 2. The summed E-state index contributed by atoms with van der Waals surface area (Å²) in [6.45, 7) is 3.90. The number of hydrogen-bond acceptors (Lipinski definition) is 6. The minimum Gasteiger partial charge on any atom is -0.469 e. The maximum Gasteiger partial charge on any atom is 0.328 e. The molecule has 2 fully saturated rings. The van der Waals surface area contributed by atoms with E-state index in [1.807, 2.05) is 30.7 Å². The number of fused-ring (bicyclic) bond motifs is 1. The Labute approximate surface area is 200 Å². The predicted molar refractivity (Wildman–Crippen MR) is 126 cm³/mol. The summed E-state index contributed by atoms with van der Waals surface area (Å²) in [7, 11) is 2.77. The van der Waals surface area contributed by atoms with Gasteiger partial charge in [-0.1, -0.05) is 12.8 Å². The van der Waals surface area contributed by atoms with Gasteiger partial charge in [-0.3, -0.25) is 9.59 Å². The largest absolute Gasteiger partial charge is 0.469 e. The molecule has 1 saturated heterocycles. The van der Waals surface area contributed by atoms with Crippen molar-refractivity contribution >= 4 is 17.8 Å². The number of aryl methyl sites for hydroxylation is 1. The fraction of sp³-hybridized carbons (Fsp3) is 0.538. The van der Waals surface area contributed by atoms with E-state index < -0.39 is 6.04 Å². The first kappa shape index (κ1) is 24.0. The molecule has 8 nitrogen and oxygen atoms in total. The lowest BCUT2D eigenvalue weighted by Crippen LogP contribution is -2.46. The first-order valence-electron chi connectivity index (χ1n) is 12.0. The van der Waals surface area contributed by atoms with Crippen LogP contribution in [0.5, 0.6) is 0 Å². The van der Waals surface area contributed by atoms with Gasteiger partial charge in [-0.2, -0.15) is 5.10 Å². The van der Waals surface area contributed by atoms with Gasteiger partial charge in [-0.25, -0.2) is 9.48 Å². The third-order valence-corrected chi connectivity index (χ3v) is 7.40. The van der Waals surface area contributed by atoms with Crippen LogP contribution >= 0.6 is 0 Å². The van der Waals surface area contributed by atoms with Gasteiger partial charge >= 0.3 is 11.9 Å². The molecule has 34 heavy (non-hydrogen) atoms. The highest BCUT2D eigenvalue weighted by atomic mass is 16.5. The molecule has 182 valence electrons. The Morgan fingerprint density at radius 2 is 1.74 bits per heavy atom. The average Bonchev–Trinajstić information content (AvgIpc) is 3.38. The zero-order valence-electron chi connectivity index (χ0n) is 20.4. The highest BCUT2D eigenvalue weighted by Gasteiger charge is 2.48. The topological polar surface area (TPSA) is 90.7 Å². The Hall–Kier alpha value is -3.16. The molecule has 1 aromatic heterocycles. The van der Waals surface area contributed by atoms with Gasteiger partial charge in [-0.05, 0) is 75.3 Å². The van der Waals surface area contributed by atoms with Crippen LogP contribution in [0.3, 0.4) is 0 Å². The summed E-state index contributed by atoms with van der Waals surface area (Å²) in [6.07, 6.45) is 5.76. The monoisotopic (exact) mass is 467 g/mol. The number of hydrogen-bond donors (Lipinski definition) is 0. The molecule has 0 bridgehead atoms. The van der Waals surface area contributed by atoms with Crippen LogP contribution in [0.15, 0.2) is 24.3 Å². The quantitative estimate of drug-likeness (QED) is 0.604. The molecule has 0 radical (unpaired) electrons. The van der Waals surface area contributed by atoms with Gasteiger partial charge in [0.2, 0.25) is 0 Å². The van der Waals surface area contributed by atoms with E-state index in [1.165, 1.54) is 14.2 Å².